The van der Waals surface area contributed by atoms with Crippen molar-refractivity contribution in [2.75, 3.05) is 0 Å². The Morgan fingerprint density at radius 3 is 2.04 bits per heavy atom. The van der Waals surface area contributed by atoms with Crippen LogP contribution in [-0.4, -0.2) is 16.8 Å². The molecule has 5 nitrogen and oxygen atoms in total. The van der Waals surface area contributed by atoms with Crippen LogP contribution in [0.4, 0.5) is 5.69 Å². The zero-order valence-corrected chi connectivity index (χ0v) is 14.2. The van der Waals surface area contributed by atoms with E-state index in [1.165, 1.54) is 18.3 Å². The van der Waals surface area contributed by atoms with E-state index in [4.69, 9.17) is 11.6 Å². The second kappa shape index (κ2) is 6.54. The van der Waals surface area contributed by atoms with Crippen molar-refractivity contribution < 1.29 is 4.92 Å². The van der Waals surface area contributed by atoms with Crippen molar-refractivity contribution in [2.24, 2.45) is 10.2 Å². The van der Waals surface area contributed by atoms with Gasteiger partial charge in [-0.1, -0.05) is 66.2 Å². The minimum atomic E-state index is -0.519. The lowest BCUT2D eigenvalue weighted by molar-refractivity contribution is -0.384. The third kappa shape index (κ3) is 2.78. The van der Waals surface area contributed by atoms with Crippen molar-refractivity contribution in [3.63, 3.8) is 0 Å². The number of fused-ring (bicyclic) bond motifs is 3. The van der Waals surface area contributed by atoms with Crippen molar-refractivity contribution in [1.29, 1.82) is 0 Å². The molecule has 26 heavy (non-hydrogen) atoms. The second-order valence-corrected chi connectivity index (χ2v) is 6.16. The summed E-state index contributed by atoms with van der Waals surface area (Å²) in [6.07, 6.45) is 1.49. The molecule has 0 saturated heterocycles. The van der Waals surface area contributed by atoms with Crippen LogP contribution in [0.2, 0.25) is 5.02 Å². The third-order valence-electron chi connectivity index (χ3n) is 4.19. The van der Waals surface area contributed by atoms with Crippen LogP contribution in [0.1, 0.15) is 16.7 Å². The molecule has 6 heteroatoms. The van der Waals surface area contributed by atoms with Crippen LogP contribution in [0, 0.1) is 10.1 Å². The molecule has 0 atom stereocenters. The molecule has 0 unspecified atom stereocenters. The molecule has 3 aromatic carbocycles. The Kier molecular flexibility index (Phi) is 4.07. The number of nitro benzene ring substituents is 1. The van der Waals surface area contributed by atoms with Gasteiger partial charge in [-0.15, -0.1) is 5.10 Å². The molecule has 0 heterocycles. The quantitative estimate of drug-likeness (QED) is 0.289. The molecule has 0 aliphatic heterocycles. The summed E-state index contributed by atoms with van der Waals surface area (Å²) in [6, 6.07) is 20.6. The van der Waals surface area contributed by atoms with Gasteiger partial charge in [-0.2, -0.15) is 5.10 Å². The molecule has 0 bridgehead atoms. The minimum Gasteiger partial charge on any atom is -0.258 e. The third-order valence-corrected chi connectivity index (χ3v) is 4.51. The number of hydrogen-bond acceptors (Lipinski definition) is 4. The van der Waals surface area contributed by atoms with E-state index in [9.17, 15) is 10.1 Å². The van der Waals surface area contributed by atoms with Crippen molar-refractivity contribution in [2.45, 2.75) is 0 Å². The first kappa shape index (κ1) is 16.2. The molecule has 1 aliphatic carbocycles. The lowest BCUT2D eigenvalue weighted by Crippen LogP contribution is -1.97. The Labute approximate surface area is 154 Å². The highest BCUT2D eigenvalue weighted by molar-refractivity contribution is 6.32. The second-order valence-electron chi connectivity index (χ2n) is 5.75. The van der Waals surface area contributed by atoms with Crippen LogP contribution in [0.3, 0.4) is 0 Å². The van der Waals surface area contributed by atoms with Crippen LogP contribution >= 0.6 is 11.6 Å². The van der Waals surface area contributed by atoms with Gasteiger partial charge in [0, 0.05) is 22.8 Å². The summed E-state index contributed by atoms with van der Waals surface area (Å²) in [5.74, 6) is 0. The van der Waals surface area contributed by atoms with Crippen molar-refractivity contribution in [3.05, 3.63) is 98.6 Å². The van der Waals surface area contributed by atoms with Gasteiger partial charge in [-0.25, -0.2) is 0 Å². The zero-order chi connectivity index (χ0) is 18.1. The maximum Gasteiger partial charge on any atom is 0.288 e. The highest BCUT2D eigenvalue weighted by atomic mass is 35.5. The molecule has 0 fully saturated rings. The van der Waals surface area contributed by atoms with Crippen LogP contribution < -0.4 is 0 Å². The maximum absolute atomic E-state index is 11.0. The van der Waals surface area contributed by atoms with E-state index >= 15 is 0 Å². The number of rotatable bonds is 3. The van der Waals surface area contributed by atoms with E-state index in [1.54, 1.807) is 6.07 Å². The summed E-state index contributed by atoms with van der Waals surface area (Å²) in [5.41, 5.74) is 5.49. The SMILES string of the molecule is O=[N+]([O-])c1cc(/C=N/N=C2c3ccccc3-c3ccccc32)ccc1Cl. The first-order valence-electron chi connectivity index (χ1n) is 7.89. The van der Waals surface area contributed by atoms with Gasteiger partial charge in [0.05, 0.1) is 11.1 Å². The molecule has 0 spiro atoms. The van der Waals surface area contributed by atoms with Crippen LogP contribution in [0.5, 0.6) is 0 Å². The molecule has 0 N–H and O–H groups in total. The van der Waals surface area contributed by atoms with E-state index in [2.05, 4.69) is 22.3 Å². The largest absolute Gasteiger partial charge is 0.288 e. The highest BCUT2D eigenvalue weighted by Gasteiger charge is 2.23. The van der Waals surface area contributed by atoms with Gasteiger partial charge >= 0.3 is 0 Å². The Hall–Kier alpha value is -3.31. The lowest BCUT2D eigenvalue weighted by Gasteiger charge is -1.99. The van der Waals surface area contributed by atoms with E-state index in [-0.39, 0.29) is 10.7 Å². The molecule has 0 saturated carbocycles. The van der Waals surface area contributed by atoms with Crippen molar-refractivity contribution in [3.8, 4) is 11.1 Å². The summed E-state index contributed by atoms with van der Waals surface area (Å²) >= 11 is 5.83. The average Bonchev–Trinajstić information content (AvgIpc) is 2.97. The number of nitro groups is 1. The first-order valence-corrected chi connectivity index (χ1v) is 8.27. The summed E-state index contributed by atoms with van der Waals surface area (Å²) in [4.78, 5) is 10.5. The van der Waals surface area contributed by atoms with E-state index < -0.39 is 4.92 Å². The molecule has 0 amide bonds. The molecule has 0 radical (unpaired) electrons. The van der Waals surface area contributed by atoms with Gasteiger partial charge in [0.15, 0.2) is 0 Å². The zero-order valence-electron chi connectivity index (χ0n) is 13.5. The standard InChI is InChI=1S/C20H12ClN3O2/c21-18-10-9-13(11-19(18)24(25)26)12-22-23-20-16-7-3-1-5-14(16)15-6-2-4-8-17(15)20/h1-12H/b22-12+. The molecule has 0 aromatic heterocycles. The Morgan fingerprint density at radius 1 is 0.885 bits per heavy atom. The van der Waals surface area contributed by atoms with Gasteiger partial charge in [0.2, 0.25) is 0 Å². The molecule has 4 rings (SSSR count). The Bertz CT molecular complexity index is 1040. The molecule has 126 valence electrons. The average molecular weight is 362 g/mol. The maximum atomic E-state index is 11.0. The summed E-state index contributed by atoms with van der Waals surface area (Å²) in [7, 11) is 0. The molecular weight excluding hydrogens is 350 g/mol. The minimum absolute atomic E-state index is 0.0945. The fourth-order valence-corrected chi connectivity index (χ4v) is 3.19. The highest BCUT2D eigenvalue weighted by Crippen LogP contribution is 2.36. The Balaban J connectivity index is 1.73. The smallest absolute Gasteiger partial charge is 0.258 e. The number of benzene rings is 3. The van der Waals surface area contributed by atoms with Crippen LogP contribution in [0.25, 0.3) is 11.1 Å². The topological polar surface area (TPSA) is 67.9 Å². The van der Waals surface area contributed by atoms with Gasteiger partial charge in [0.1, 0.15) is 10.7 Å². The molecular formula is C20H12ClN3O2. The number of hydrogen-bond donors (Lipinski definition) is 0. The van der Waals surface area contributed by atoms with Crippen molar-refractivity contribution in [1.82, 2.24) is 0 Å². The van der Waals surface area contributed by atoms with Gasteiger partial charge in [-0.05, 0) is 17.2 Å². The summed E-state index contributed by atoms with van der Waals surface area (Å²) < 4.78 is 0. The van der Waals surface area contributed by atoms with Crippen molar-refractivity contribution >= 4 is 29.2 Å². The molecule has 3 aromatic rings. The number of nitrogens with zero attached hydrogens (tertiary/aromatic N) is 3. The monoisotopic (exact) mass is 361 g/mol. The summed E-state index contributed by atoms with van der Waals surface area (Å²) in [5, 5.41) is 19.6. The number of halogens is 1. The van der Waals surface area contributed by atoms with Crippen LogP contribution in [0.15, 0.2) is 76.9 Å². The molecule has 1 aliphatic rings. The predicted octanol–water partition coefficient (Wildman–Crippen LogP) is 5.10. The lowest BCUT2D eigenvalue weighted by atomic mass is 10.1. The van der Waals surface area contributed by atoms with Crippen LogP contribution in [-0.2, 0) is 0 Å². The van der Waals surface area contributed by atoms with E-state index in [0.717, 1.165) is 28.0 Å². The summed E-state index contributed by atoms with van der Waals surface area (Å²) in [6.45, 7) is 0. The fourth-order valence-electron chi connectivity index (χ4n) is 3.00. The van der Waals surface area contributed by atoms with E-state index in [1.807, 2.05) is 36.4 Å². The van der Waals surface area contributed by atoms with E-state index in [0.29, 0.717) is 5.56 Å². The predicted molar refractivity (Wildman–Crippen MR) is 103 cm³/mol. The normalized spacial score (nSPS) is 12.1. The van der Waals surface area contributed by atoms with Gasteiger partial charge in [0.25, 0.3) is 5.69 Å². The Morgan fingerprint density at radius 2 is 1.46 bits per heavy atom. The first-order chi connectivity index (χ1) is 12.6. The van der Waals surface area contributed by atoms with Gasteiger partial charge in [-0.3, -0.25) is 10.1 Å². The van der Waals surface area contributed by atoms with Gasteiger partial charge < -0.3 is 0 Å². The fraction of sp³-hybridized carbons (Fsp3) is 0.